The Morgan fingerprint density at radius 2 is 1.96 bits per heavy atom. The Labute approximate surface area is 168 Å². The fourth-order valence-corrected chi connectivity index (χ4v) is 3.90. The van der Waals surface area contributed by atoms with E-state index < -0.39 is 17.7 Å². The van der Waals surface area contributed by atoms with E-state index in [0.717, 1.165) is 34.1 Å². The lowest BCUT2D eigenvalue weighted by Gasteiger charge is -2.29. The summed E-state index contributed by atoms with van der Waals surface area (Å²) in [5.41, 5.74) is 2.28. The van der Waals surface area contributed by atoms with Crippen molar-refractivity contribution in [2.45, 2.75) is 6.54 Å². The summed E-state index contributed by atoms with van der Waals surface area (Å²) >= 11 is 6.89. The van der Waals surface area contributed by atoms with Crippen LogP contribution < -0.4 is 4.74 Å². The molecule has 0 saturated carbocycles. The highest BCUT2D eigenvalue weighted by atomic mass is 35.5. The highest BCUT2D eigenvalue weighted by Crippen LogP contribution is 2.33. The zero-order valence-electron chi connectivity index (χ0n) is 14.3. The number of hydrogen-bond donors (Lipinski definition) is 1. The van der Waals surface area contributed by atoms with Gasteiger partial charge in [-0.3, -0.25) is 4.79 Å². The summed E-state index contributed by atoms with van der Waals surface area (Å²) in [5.74, 6) is -1.51. The Kier molecular flexibility index (Phi) is 4.78. The quantitative estimate of drug-likeness (QED) is 0.658. The molecular formula is C20H13ClFNO4S. The van der Waals surface area contributed by atoms with Gasteiger partial charge in [0.05, 0.1) is 12.1 Å². The van der Waals surface area contributed by atoms with Gasteiger partial charge in [-0.15, -0.1) is 11.3 Å². The van der Waals surface area contributed by atoms with E-state index in [1.807, 2.05) is 12.1 Å². The van der Waals surface area contributed by atoms with Crippen LogP contribution in [0.25, 0.3) is 11.1 Å². The number of hydrogen-bond acceptors (Lipinski definition) is 4. The number of amides is 1. The molecule has 1 aromatic heterocycles. The molecule has 0 bridgehead atoms. The van der Waals surface area contributed by atoms with E-state index in [1.54, 1.807) is 17.5 Å². The molecule has 0 unspecified atom stereocenters. The molecule has 0 radical (unpaired) electrons. The molecule has 1 aliphatic rings. The van der Waals surface area contributed by atoms with Gasteiger partial charge in [-0.2, -0.15) is 0 Å². The van der Waals surface area contributed by atoms with Crippen molar-refractivity contribution in [1.29, 1.82) is 0 Å². The molecule has 0 fully saturated rings. The maximum atomic E-state index is 14.1. The average molecular weight is 418 g/mol. The van der Waals surface area contributed by atoms with Gasteiger partial charge in [-0.05, 0) is 52.9 Å². The van der Waals surface area contributed by atoms with E-state index in [9.17, 15) is 14.0 Å². The predicted molar refractivity (Wildman–Crippen MR) is 103 cm³/mol. The number of halogens is 2. The minimum absolute atomic E-state index is 0.00879. The fourth-order valence-electron chi connectivity index (χ4n) is 2.99. The van der Waals surface area contributed by atoms with Gasteiger partial charge < -0.3 is 14.7 Å². The molecule has 1 aliphatic heterocycles. The van der Waals surface area contributed by atoms with Crippen LogP contribution in [0.1, 0.15) is 25.6 Å². The number of aromatic carboxylic acids is 1. The lowest BCUT2D eigenvalue weighted by Crippen LogP contribution is -2.37. The van der Waals surface area contributed by atoms with E-state index in [2.05, 4.69) is 0 Å². The van der Waals surface area contributed by atoms with Gasteiger partial charge in [0.25, 0.3) is 5.91 Å². The highest BCUT2D eigenvalue weighted by molar-refractivity contribution is 7.12. The molecule has 8 heteroatoms. The lowest BCUT2D eigenvalue weighted by atomic mass is 10.0. The number of carboxylic acids is 1. The zero-order chi connectivity index (χ0) is 19.8. The molecule has 28 heavy (non-hydrogen) atoms. The first kappa shape index (κ1) is 18.5. The summed E-state index contributed by atoms with van der Waals surface area (Å²) in [6.45, 7) is 0.259. The van der Waals surface area contributed by atoms with Crippen molar-refractivity contribution in [2.24, 2.45) is 0 Å². The van der Waals surface area contributed by atoms with Crippen LogP contribution in [0.3, 0.4) is 0 Å². The zero-order valence-corrected chi connectivity index (χ0v) is 15.9. The Balaban J connectivity index is 1.60. The van der Waals surface area contributed by atoms with Crippen LogP contribution >= 0.6 is 22.9 Å². The molecule has 0 atom stereocenters. The molecule has 1 amide bonds. The van der Waals surface area contributed by atoms with Crippen LogP contribution in [-0.4, -0.2) is 28.6 Å². The Morgan fingerprint density at radius 3 is 2.68 bits per heavy atom. The number of benzene rings is 2. The number of nitrogens with zero attached hydrogens (tertiary/aromatic N) is 1. The second kappa shape index (κ2) is 7.26. The molecule has 2 aromatic carbocycles. The summed E-state index contributed by atoms with van der Waals surface area (Å²) in [7, 11) is 0. The molecule has 0 spiro atoms. The van der Waals surface area contributed by atoms with Crippen molar-refractivity contribution >= 4 is 34.8 Å². The van der Waals surface area contributed by atoms with Crippen LogP contribution in [0.2, 0.25) is 5.02 Å². The molecular weight excluding hydrogens is 405 g/mol. The summed E-state index contributed by atoms with van der Waals surface area (Å²) in [5, 5.41) is 11.1. The number of rotatable bonds is 3. The van der Waals surface area contributed by atoms with Gasteiger partial charge in [-0.1, -0.05) is 17.7 Å². The van der Waals surface area contributed by atoms with Crippen molar-refractivity contribution in [3.05, 3.63) is 74.7 Å². The van der Waals surface area contributed by atoms with E-state index >= 15 is 0 Å². The van der Waals surface area contributed by atoms with E-state index in [4.69, 9.17) is 21.4 Å². The number of carbonyl (C=O) groups is 2. The van der Waals surface area contributed by atoms with E-state index in [0.29, 0.717) is 5.75 Å². The molecule has 0 aliphatic carbocycles. The fraction of sp³-hybridized carbons (Fsp3) is 0.100. The van der Waals surface area contributed by atoms with Crippen molar-refractivity contribution in [3.63, 3.8) is 0 Å². The van der Waals surface area contributed by atoms with Gasteiger partial charge in [0.2, 0.25) is 0 Å². The number of carboxylic acid groups (broad SMARTS) is 1. The molecule has 142 valence electrons. The van der Waals surface area contributed by atoms with Gasteiger partial charge in [-0.25, -0.2) is 9.18 Å². The number of fused-ring (bicyclic) bond motifs is 1. The number of thiophene rings is 1. The van der Waals surface area contributed by atoms with Gasteiger partial charge >= 0.3 is 5.97 Å². The van der Waals surface area contributed by atoms with E-state index in [-0.39, 0.29) is 28.7 Å². The van der Waals surface area contributed by atoms with Crippen LogP contribution in [0, 0.1) is 5.82 Å². The maximum Gasteiger partial charge on any atom is 0.345 e. The van der Waals surface area contributed by atoms with Gasteiger partial charge in [0.15, 0.2) is 6.73 Å². The smallest absolute Gasteiger partial charge is 0.345 e. The van der Waals surface area contributed by atoms with Crippen LogP contribution in [0.4, 0.5) is 4.39 Å². The van der Waals surface area contributed by atoms with Crippen molar-refractivity contribution in [2.75, 3.05) is 6.73 Å². The number of ether oxygens (including phenoxy) is 1. The maximum absolute atomic E-state index is 14.1. The second-order valence-corrected chi connectivity index (χ2v) is 7.58. The Morgan fingerprint density at radius 1 is 1.14 bits per heavy atom. The topological polar surface area (TPSA) is 66.8 Å². The summed E-state index contributed by atoms with van der Waals surface area (Å²) in [4.78, 5) is 25.4. The molecule has 3 aromatic rings. The standard InChI is InChI=1S/C20H13ClFNO4S/c21-14-2-3-15(16(22)7-14)19(24)23-8-12-5-11(1-4-17(12)27-10-23)13-6-18(20(25)26)28-9-13/h1-7,9H,8,10H2,(H,25,26). The number of carbonyl (C=O) groups excluding carboxylic acids is 1. The van der Waals surface area contributed by atoms with Crippen molar-refractivity contribution < 1.29 is 23.8 Å². The van der Waals surface area contributed by atoms with Gasteiger partial charge in [0.1, 0.15) is 16.4 Å². The molecule has 0 saturated heterocycles. The third-order valence-corrected chi connectivity index (χ3v) is 5.54. The third-order valence-electron chi connectivity index (χ3n) is 4.39. The first-order chi connectivity index (χ1) is 13.4. The van der Waals surface area contributed by atoms with Crippen LogP contribution in [0.5, 0.6) is 5.75 Å². The SMILES string of the molecule is O=C(O)c1cc(-c2ccc3c(c2)CN(C(=O)c2ccc(Cl)cc2F)CO3)cs1. The van der Waals surface area contributed by atoms with Gasteiger partial charge in [0, 0.05) is 10.6 Å². The van der Waals surface area contributed by atoms with Crippen molar-refractivity contribution in [3.8, 4) is 16.9 Å². The Bertz CT molecular complexity index is 1100. The lowest BCUT2D eigenvalue weighted by molar-refractivity contribution is 0.0509. The largest absolute Gasteiger partial charge is 0.477 e. The Hall–Kier alpha value is -2.90. The minimum Gasteiger partial charge on any atom is -0.477 e. The first-order valence-electron chi connectivity index (χ1n) is 8.24. The monoisotopic (exact) mass is 417 g/mol. The second-order valence-electron chi connectivity index (χ2n) is 6.23. The van der Waals surface area contributed by atoms with Crippen LogP contribution in [-0.2, 0) is 6.54 Å². The predicted octanol–water partition coefficient (Wildman–Crippen LogP) is 4.90. The molecule has 5 nitrogen and oxygen atoms in total. The first-order valence-corrected chi connectivity index (χ1v) is 9.50. The molecule has 1 N–H and O–H groups in total. The van der Waals surface area contributed by atoms with Crippen LogP contribution in [0.15, 0.2) is 47.8 Å². The molecule has 2 heterocycles. The normalized spacial score (nSPS) is 13.0. The van der Waals surface area contributed by atoms with Crippen molar-refractivity contribution in [1.82, 2.24) is 4.90 Å². The highest BCUT2D eigenvalue weighted by Gasteiger charge is 2.25. The minimum atomic E-state index is -0.973. The van der Waals surface area contributed by atoms with E-state index in [1.165, 1.54) is 17.0 Å². The summed E-state index contributed by atoms with van der Waals surface area (Å²) < 4.78 is 19.7. The molecule has 4 rings (SSSR count). The average Bonchev–Trinajstić information content (AvgIpc) is 3.17. The third kappa shape index (κ3) is 3.46. The summed E-state index contributed by atoms with van der Waals surface area (Å²) in [6.07, 6.45) is 0. The summed E-state index contributed by atoms with van der Waals surface area (Å²) in [6, 6.07) is 11.0.